The van der Waals surface area contributed by atoms with Gasteiger partial charge in [0, 0.05) is 12.8 Å². The molecule has 1 aromatic heterocycles. The van der Waals surface area contributed by atoms with Gasteiger partial charge in [0.05, 0.1) is 12.2 Å². The highest BCUT2D eigenvalue weighted by atomic mass is 16.4. The van der Waals surface area contributed by atoms with Gasteiger partial charge in [-0.2, -0.15) is 0 Å². The Hall–Kier alpha value is -1.58. The Morgan fingerprint density at radius 1 is 1.69 bits per heavy atom. The smallest absolute Gasteiger partial charge is 0.307 e. The maximum absolute atomic E-state index is 10.6. The topological polar surface area (TPSA) is 67.5 Å². The Morgan fingerprint density at radius 3 is 2.92 bits per heavy atom. The van der Waals surface area contributed by atoms with Crippen LogP contribution in [0.15, 0.2) is 22.8 Å². The van der Waals surface area contributed by atoms with Gasteiger partial charge in [0.1, 0.15) is 12.0 Å². The van der Waals surface area contributed by atoms with Crippen LogP contribution in [0.25, 0.3) is 0 Å². The molecule has 0 aliphatic heterocycles. The van der Waals surface area contributed by atoms with E-state index in [2.05, 4.69) is 0 Å². The standard InChI is InChI=1S/C9H10O4/c10-4-3-7(9(11)12)6-8-2-1-5-13-8/h1-2,4-5,7H,3,6H2,(H,11,12). The number of rotatable bonds is 5. The van der Waals surface area contributed by atoms with E-state index in [1.165, 1.54) is 6.26 Å². The third-order valence-corrected chi connectivity index (χ3v) is 1.76. The molecule has 0 bridgehead atoms. The van der Waals surface area contributed by atoms with Crippen molar-refractivity contribution >= 4 is 12.3 Å². The molecule has 0 aliphatic carbocycles. The van der Waals surface area contributed by atoms with Crippen LogP contribution in [0.1, 0.15) is 12.2 Å². The van der Waals surface area contributed by atoms with E-state index in [0.29, 0.717) is 12.0 Å². The summed E-state index contributed by atoms with van der Waals surface area (Å²) in [7, 11) is 0. The number of carbonyl (C=O) groups excluding carboxylic acids is 1. The zero-order valence-electron chi connectivity index (χ0n) is 6.97. The van der Waals surface area contributed by atoms with Crippen molar-refractivity contribution in [3.63, 3.8) is 0 Å². The van der Waals surface area contributed by atoms with Gasteiger partial charge in [-0.15, -0.1) is 0 Å². The molecular weight excluding hydrogens is 172 g/mol. The summed E-state index contributed by atoms with van der Waals surface area (Å²) in [4.78, 5) is 20.8. The van der Waals surface area contributed by atoms with Crippen LogP contribution < -0.4 is 0 Å². The number of aldehydes is 1. The summed E-state index contributed by atoms with van der Waals surface area (Å²) >= 11 is 0. The highest BCUT2D eigenvalue weighted by molar-refractivity contribution is 5.73. The van der Waals surface area contributed by atoms with Crippen molar-refractivity contribution in [3.8, 4) is 0 Å². The minimum absolute atomic E-state index is 0.0238. The molecule has 1 heterocycles. The maximum Gasteiger partial charge on any atom is 0.307 e. The number of hydrogen-bond acceptors (Lipinski definition) is 3. The van der Waals surface area contributed by atoms with Crippen molar-refractivity contribution in [3.05, 3.63) is 24.2 Å². The lowest BCUT2D eigenvalue weighted by Gasteiger charge is -2.05. The van der Waals surface area contributed by atoms with E-state index in [4.69, 9.17) is 9.52 Å². The fraction of sp³-hybridized carbons (Fsp3) is 0.333. The van der Waals surface area contributed by atoms with E-state index in [1.54, 1.807) is 12.1 Å². The summed E-state index contributed by atoms with van der Waals surface area (Å²) in [6, 6.07) is 3.38. The summed E-state index contributed by atoms with van der Waals surface area (Å²) in [5.74, 6) is -1.05. The van der Waals surface area contributed by atoms with E-state index in [9.17, 15) is 9.59 Å². The van der Waals surface area contributed by atoms with Gasteiger partial charge in [0.25, 0.3) is 0 Å². The minimum Gasteiger partial charge on any atom is -0.481 e. The first-order chi connectivity index (χ1) is 6.24. The van der Waals surface area contributed by atoms with Crippen LogP contribution in [0.5, 0.6) is 0 Å². The van der Waals surface area contributed by atoms with Crippen molar-refractivity contribution < 1.29 is 19.1 Å². The predicted molar refractivity (Wildman–Crippen MR) is 44.2 cm³/mol. The van der Waals surface area contributed by atoms with Crippen molar-refractivity contribution in [2.45, 2.75) is 12.8 Å². The lowest BCUT2D eigenvalue weighted by atomic mass is 10.0. The molecule has 0 spiro atoms. The minimum atomic E-state index is -0.969. The van der Waals surface area contributed by atoms with Crippen molar-refractivity contribution in [2.75, 3.05) is 0 Å². The van der Waals surface area contributed by atoms with Gasteiger partial charge in [0.15, 0.2) is 0 Å². The predicted octanol–water partition coefficient (Wildman–Crippen LogP) is 1.11. The number of hydrogen-bond donors (Lipinski definition) is 1. The number of furan rings is 1. The molecule has 1 atom stereocenters. The van der Waals surface area contributed by atoms with Crippen LogP contribution in [0.4, 0.5) is 0 Å². The summed E-state index contributed by atoms with van der Waals surface area (Å²) < 4.78 is 4.98. The Morgan fingerprint density at radius 2 is 2.46 bits per heavy atom. The number of aliphatic carboxylic acids is 1. The summed E-state index contributed by atoms with van der Waals surface area (Å²) in [5, 5.41) is 8.70. The highest BCUT2D eigenvalue weighted by Gasteiger charge is 2.18. The number of carbonyl (C=O) groups is 2. The number of carboxylic acid groups (broad SMARTS) is 1. The molecule has 13 heavy (non-hydrogen) atoms. The van der Waals surface area contributed by atoms with Gasteiger partial charge in [-0.25, -0.2) is 0 Å². The second kappa shape index (κ2) is 4.45. The average molecular weight is 182 g/mol. The Labute approximate surface area is 75.2 Å². The molecule has 0 saturated heterocycles. The molecular formula is C9H10O4. The lowest BCUT2D eigenvalue weighted by molar-refractivity contribution is -0.142. The molecule has 1 unspecified atom stereocenters. The first kappa shape index (κ1) is 9.51. The maximum atomic E-state index is 10.6. The molecule has 1 rings (SSSR count). The van der Waals surface area contributed by atoms with Crippen molar-refractivity contribution in [1.82, 2.24) is 0 Å². The summed E-state index contributed by atoms with van der Waals surface area (Å²) in [5.41, 5.74) is 0. The quantitative estimate of drug-likeness (QED) is 0.692. The largest absolute Gasteiger partial charge is 0.481 e. The molecule has 0 radical (unpaired) electrons. The number of carboxylic acids is 1. The summed E-state index contributed by atoms with van der Waals surface area (Å²) in [6.45, 7) is 0. The third kappa shape index (κ3) is 2.74. The van der Waals surface area contributed by atoms with Crippen LogP contribution in [-0.4, -0.2) is 17.4 Å². The molecule has 1 N–H and O–H groups in total. The monoisotopic (exact) mass is 182 g/mol. The van der Waals surface area contributed by atoms with E-state index in [1.807, 2.05) is 0 Å². The molecule has 4 nitrogen and oxygen atoms in total. The van der Waals surface area contributed by atoms with Crippen molar-refractivity contribution in [2.24, 2.45) is 5.92 Å². The third-order valence-electron chi connectivity index (χ3n) is 1.76. The second-order valence-electron chi connectivity index (χ2n) is 2.72. The van der Waals surface area contributed by atoms with Gasteiger partial charge >= 0.3 is 5.97 Å². The summed E-state index contributed by atoms with van der Waals surface area (Å²) in [6.07, 6.45) is 2.38. The average Bonchev–Trinajstić information content (AvgIpc) is 2.56. The second-order valence-corrected chi connectivity index (χ2v) is 2.72. The van der Waals surface area contributed by atoms with E-state index < -0.39 is 11.9 Å². The zero-order valence-corrected chi connectivity index (χ0v) is 6.97. The van der Waals surface area contributed by atoms with Gasteiger partial charge < -0.3 is 14.3 Å². The first-order valence-electron chi connectivity index (χ1n) is 3.93. The van der Waals surface area contributed by atoms with Crippen LogP contribution in [0, 0.1) is 5.92 Å². The Balaban J connectivity index is 2.57. The first-order valence-corrected chi connectivity index (χ1v) is 3.93. The highest BCUT2D eigenvalue weighted by Crippen LogP contribution is 2.11. The van der Waals surface area contributed by atoms with Crippen molar-refractivity contribution in [1.29, 1.82) is 0 Å². The fourth-order valence-electron chi connectivity index (χ4n) is 1.06. The zero-order chi connectivity index (χ0) is 9.68. The van der Waals surface area contributed by atoms with Gasteiger partial charge in [0.2, 0.25) is 0 Å². The molecule has 0 aromatic carbocycles. The van der Waals surface area contributed by atoms with Crippen LogP contribution in [0.3, 0.4) is 0 Å². The Bertz CT molecular complexity index is 276. The molecule has 0 fully saturated rings. The van der Waals surface area contributed by atoms with Gasteiger partial charge in [-0.3, -0.25) is 4.79 Å². The van der Waals surface area contributed by atoms with Gasteiger partial charge in [-0.1, -0.05) is 0 Å². The van der Waals surface area contributed by atoms with E-state index in [-0.39, 0.29) is 12.8 Å². The lowest BCUT2D eigenvalue weighted by Crippen LogP contribution is -2.16. The molecule has 0 saturated carbocycles. The van der Waals surface area contributed by atoms with Crippen LogP contribution in [-0.2, 0) is 16.0 Å². The molecule has 70 valence electrons. The van der Waals surface area contributed by atoms with E-state index in [0.717, 1.165) is 0 Å². The van der Waals surface area contributed by atoms with Gasteiger partial charge in [-0.05, 0) is 12.1 Å². The molecule has 0 amide bonds. The van der Waals surface area contributed by atoms with Crippen LogP contribution >= 0.6 is 0 Å². The molecule has 4 heteroatoms. The molecule has 0 aliphatic rings. The normalized spacial score (nSPS) is 12.3. The fourth-order valence-corrected chi connectivity index (χ4v) is 1.06. The Kier molecular flexibility index (Phi) is 3.25. The SMILES string of the molecule is O=CCC(Cc1ccco1)C(=O)O. The van der Waals surface area contributed by atoms with E-state index >= 15 is 0 Å². The molecule has 1 aromatic rings. The van der Waals surface area contributed by atoms with Crippen LogP contribution in [0.2, 0.25) is 0 Å².